The van der Waals surface area contributed by atoms with Gasteiger partial charge in [0.2, 0.25) is 0 Å². The Morgan fingerprint density at radius 1 is 1.00 bits per heavy atom. The van der Waals surface area contributed by atoms with Gasteiger partial charge in [-0.1, -0.05) is 12.1 Å². The maximum Gasteiger partial charge on any atom is 0.573 e. The second-order valence-electron chi connectivity index (χ2n) is 3.89. The second-order valence-corrected chi connectivity index (χ2v) is 3.89. The van der Waals surface area contributed by atoms with Gasteiger partial charge in [-0.2, -0.15) is 0 Å². The molecule has 2 aromatic carbocycles. The molecular formula is C13H10F3NO2. The van der Waals surface area contributed by atoms with Crippen molar-refractivity contribution in [3.8, 4) is 22.6 Å². The van der Waals surface area contributed by atoms with Crippen molar-refractivity contribution in [3.63, 3.8) is 0 Å². The molecule has 0 amide bonds. The summed E-state index contributed by atoms with van der Waals surface area (Å²) >= 11 is 0. The molecular weight excluding hydrogens is 259 g/mol. The molecule has 2 rings (SSSR count). The predicted octanol–water partition coefficient (Wildman–Crippen LogP) is 3.54. The van der Waals surface area contributed by atoms with Gasteiger partial charge in [0.05, 0.1) is 0 Å². The molecule has 0 fully saturated rings. The van der Waals surface area contributed by atoms with E-state index in [9.17, 15) is 18.3 Å². The molecule has 0 radical (unpaired) electrons. The van der Waals surface area contributed by atoms with E-state index >= 15 is 0 Å². The Balaban J connectivity index is 2.42. The Hall–Kier alpha value is -2.37. The van der Waals surface area contributed by atoms with Crippen LogP contribution in [0, 0.1) is 0 Å². The van der Waals surface area contributed by atoms with Crippen molar-refractivity contribution in [3.05, 3.63) is 42.5 Å². The van der Waals surface area contributed by atoms with E-state index in [1.54, 1.807) is 12.1 Å². The fourth-order valence-corrected chi connectivity index (χ4v) is 1.67. The van der Waals surface area contributed by atoms with Crippen molar-refractivity contribution < 1.29 is 23.0 Å². The Morgan fingerprint density at radius 3 is 2.37 bits per heavy atom. The van der Waals surface area contributed by atoms with Crippen LogP contribution < -0.4 is 10.5 Å². The highest BCUT2D eigenvalue weighted by atomic mass is 19.4. The summed E-state index contributed by atoms with van der Waals surface area (Å²) in [5, 5.41) is 9.36. The van der Waals surface area contributed by atoms with Crippen LogP contribution in [0.25, 0.3) is 11.1 Å². The second kappa shape index (κ2) is 4.72. The first kappa shape index (κ1) is 13.1. The smallest absolute Gasteiger partial charge is 0.508 e. The zero-order chi connectivity index (χ0) is 14.0. The normalized spacial score (nSPS) is 11.3. The van der Waals surface area contributed by atoms with Crippen molar-refractivity contribution >= 4 is 5.69 Å². The number of hydrogen-bond donors (Lipinski definition) is 2. The van der Waals surface area contributed by atoms with E-state index in [0.29, 0.717) is 11.1 Å². The highest BCUT2D eigenvalue weighted by Crippen LogP contribution is 2.31. The van der Waals surface area contributed by atoms with Crippen LogP contribution in [0.3, 0.4) is 0 Å². The van der Waals surface area contributed by atoms with Crippen molar-refractivity contribution in [1.82, 2.24) is 0 Å². The summed E-state index contributed by atoms with van der Waals surface area (Å²) in [6.45, 7) is 0. The molecule has 0 atom stereocenters. The fraction of sp³-hybridized carbons (Fsp3) is 0.0769. The third-order valence-corrected chi connectivity index (χ3v) is 2.34. The summed E-state index contributed by atoms with van der Waals surface area (Å²) < 4.78 is 40.3. The quantitative estimate of drug-likeness (QED) is 0.820. The lowest BCUT2D eigenvalue weighted by atomic mass is 10.0. The van der Waals surface area contributed by atoms with Gasteiger partial charge in [-0.3, -0.25) is 0 Å². The lowest BCUT2D eigenvalue weighted by Gasteiger charge is -2.11. The first-order valence-corrected chi connectivity index (χ1v) is 5.29. The third-order valence-electron chi connectivity index (χ3n) is 2.34. The largest absolute Gasteiger partial charge is 0.573 e. The monoisotopic (exact) mass is 269 g/mol. The van der Waals surface area contributed by atoms with Crippen LogP contribution in [-0.2, 0) is 0 Å². The number of nitrogens with two attached hydrogens (primary N) is 1. The molecule has 0 aromatic heterocycles. The van der Waals surface area contributed by atoms with E-state index in [1.807, 2.05) is 0 Å². The maximum atomic E-state index is 12.2. The summed E-state index contributed by atoms with van der Waals surface area (Å²) in [6.07, 6.45) is -4.77. The fourth-order valence-electron chi connectivity index (χ4n) is 1.67. The average molecular weight is 269 g/mol. The van der Waals surface area contributed by atoms with E-state index in [1.165, 1.54) is 24.3 Å². The molecule has 100 valence electrons. The summed E-state index contributed by atoms with van der Waals surface area (Å²) in [7, 11) is 0. The van der Waals surface area contributed by atoms with E-state index in [4.69, 9.17) is 5.73 Å². The molecule has 0 bridgehead atoms. The minimum atomic E-state index is -4.77. The SMILES string of the molecule is Nc1cc(OC(F)(F)F)cc(-c2cccc(O)c2)c1. The number of rotatable bonds is 2. The van der Waals surface area contributed by atoms with Gasteiger partial charge in [-0.25, -0.2) is 0 Å². The van der Waals surface area contributed by atoms with Crippen molar-refractivity contribution in [2.75, 3.05) is 5.73 Å². The number of hydrogen-bond acceptors (Lipinski definition) is 3. The van der Waals surface area contributed by atoms with Crippen molar-refractivity contribution in [2.24, 2.45) is 0 Å². The van der Waals surface area contributed by atoms with Gasteiger partial charge in [-0.15, -0.1) is 13.2 Å². The number of aromatic hydroxyl groups is 1. The highest BCUT2D eigenvalue weighted by molar-refractivity contribution is 5.70. The zero-order valence-electron chi connectivity index (χ0n) is 9.61. The first-order valence-electron chi connectivity index (χ1n) is 5.29. The topological polar surface area (TPSA) is 55.5 Å². The molecule has 19 heavy (non-hydrogen) atoms. The van der Waals surface area contributed by atoms with Crippen LogP contribution in [0.15, 0.2) is 42.5 Å². The molecule has 0 aliphatic rings. The Labute approximate surface area is 107 Å². The summed E-state index contributed by atoms with van der Waals surface area (Å²) in [5.74, 6) is -0.385. The van der Waals surface area contributed by atoms with E-state index in [0.717, 1.165) is 6.07 Å². The molecule has 2 aromatic rings. The molecule has 0 heterocycles. The van der Waals surface area contributed by atoms with Gasteiger partial charge in [0, 0.05) is 11.8 Å². The van der Waals surface area contributed by atoms with Crippen LogP contribution in [-0.4, -0.2) is 11.5 Å². The van der Waals surface area contributed by atoms with E-state index in [-0.39, 0.29) is 11.4 Å². The molecule has 0 unspecified atom stereocenters. The minimum absolute atomic E-state index is 0.0122. The number of halogens is 3. The molecule has 0 aliphatic carbocycles. The zero-order valence-corrected chi connectivity index (χ0v) is 9.61. The standard InChI is InChI=1S/C13H10F3NO2/c14-13(15,16)19-12-6-9(4-10(17)7-12)8-2-1-3-11(18)5-8/h1-7,18H,17H2. The van der Waals surface area contributed by atoms with Crippen LogP contribution >= 0.6 is 0 Å². The van der Waals surface area contributed by atoms with Gasteiger partial charge < -0.3 is 15.6 Å². The molecule has 3 nitrogen and oxygen atoms in total. The van der Waals surface area contributed by atoms with Gasteiger partial charge >= 0.3 is 6.36 Å². The maximum absolute atomic E-state index is 12.2. The predicted molar refractivity (Wildman–Crippen MR) is 64.6 cm³/mol. The van der Waals surface area contributed by atoms with Gasteiger partial charge in [0.15, 0.2) is 0 Å². The third kappa shape index (κ3) is 3.54. The van der Waals surface area contributed by atoms with E-state index < -0.39 is 12.1 Å². The lowest BCUT2D eigenvalue weighted by Crippen LogP contribution is -2.17. The van der Waals surface area contributed by atoms with Gasteiger partial charge in [0.25, 0.3) is 0 Å². The summed E-state index contributed by atoms with van der Waals surface area (Å²) in [5.41, 5.74) is 6.65. The Kier molecular flexibility index (Phi) is 3.25. The highest BCUT2D eigenvalue weighted by Gasteiger charge is 2.31. The summed E-state index contributed by atoms with van der Waals surface area (Å²) in [4.78, 5) is 0. The number of anilines is 1. The Bertz CT molecular complexity index is 597. The molecule has 3 N–H and O–H groups in total. The molecule has 6 heteroatoms. The molecule has 0 aliphatic heterocycles. The van der Waals surface area contributed by atoms with Crippen LogP contribution in [0.5, 0.6) is 11.5 Å². The number of phenols is 1. The number of phenolic OH excluding ortho intramolecular Hbond substituents is 1. The lowest BCUT2D eigenvalue weighted by molar-refractivity contribution is -0.274. The van der Waals surface area contributed by atoms with E-state index in [2.05, 4.69) is 4.74 Å². The van der Waals surface area contributed by atoms with Crippen molar-refractivity contribution in [1.29, 1.82) is 0 Å². The average Bonchev–Trinajstić information content (AvgIpc) is 2.25. The number of benzene rings is 2. The molecule has 0 saturated heterocycles. The molecule has 0 spiro atoms. The Morgan fingerprint density at radius 2 is 1.74 bits per heavy atom. The summed E-state index contributed by atoms with van der Waals surface area (Å²) in [6, 6.07) is 9.90. The van der Waals surface area contributed by atoms with Gasteiger partial charge in [0.1, 0.15) is 11.5 Å². The first-order chi connectivity index (χ1) is 8.83. The number of alkyl halides is 3. The van der Waals surface area contributed by atoms with Crippen molar-refractivity contribution in [2.45, 2.75) is 6.36 Å². The van der Waals surface area contributed by atoms with Crippen LogP contribution in [0.1, 0.15) is 0 Å². The number of nitrogen functional groups attached to an aromatic ring is 1. The number of ether oxygens (including phenoxy) is 1. The van der Waals surface area contributed by atoms with Crippen LogP contribution in [0.4, 0.5) is 18.9 Å². The van der Waals surface area contributed by atoms with Gasteiger partial charge in [-0.05, 0) is 35.4 Å². The molecule has 0 saturated carbocycles. The minimum Gasteiger partial charge on any atom is -0.508 e. The van der Waals surface area contributed by atoms with Crippen LogP contribution in [0.2, 0.25) is 0 Å².